The Morgan fingerprint density at radius 2 is 1.92 bits per heavy atom. The van der Waals surface area contributed by atoms with Crippen LogP contribution in [0.1, 0.15) is 86.5 Å². The number of nitrogens with zero attached hydrogens (tertiary/aromatic N) is 1. The summed E-state index contributed by atoms with van der Waals surface area (Å²) in [4.78, 5) is 26.2. The Kier molecular flexibility index (Phi) is 6.33. The molecular weight excluding hydrogens is 446 g/mol. The molecule has 5 rings (SSSR count). The van der Waals surface area contributed by atoms with Gasteiger partial charge in [-0.2, -0.15) is 5.26 Å². The Balaban J connectivity index is 1.43. The van der Waals surface area contributed by atoms with Gasteiger partial charge in [-0.25, -0.2) is 0 Å². The van der Waals surface area contributed by atoms with Crippen molar-refractivity contribution in [1.82, 2.24) is 0 Å². The number of hydrogen-bond donors (Lipinski definition) is 0. The SMILES string of the molecule is CCOC(=O)C1(C#N)C2C(=O)C=C3C=CC4C5CCC(C(C)CCCC(C)C)C5(C)CCC4C3(C)C21. The molecule has 10 atom stereocenters. The van der Waals surface area contributed by atoms with E-state index in [2.05, 4.69) is 52.8 Å². The van der Waals surface area contributed by atoms with Gasteiger partial charge in [-0.3, -0.25) is 9.59 Å². The molecule has 0 saturated heterocycles. The lowest BCUT2D eigenvalue weighted by Crippen LogP contribution is -2.50. The van der Waals surface area contributed by atoms with E-state index in [1.807, 2.05) is 0 Å². The van der Waals surface area contributed by atoms with E-state index in [4.69, 9.17) is 4.74 Å². The van der Waals surface area contributed by atoms with Crippen molar-refractivity contribution in [3.8, 4) is 6.07 Å². The van der Waals surface area contributed by atoms with Gasteiger partial charge >= 0.3 is 5.97 Å². The maximum absolute atomic E-state index is 13.1. The van der Waals surface area contributed by atoms with Crippen molar-refractivity contribution in [3.63, 3.8) is 0 Å². The number of fused-ring (bicyclic) bond motifs is 7. The maximum Gasteiger partial charge on any atom is 0.327 e. The minimum Gasteiger partial charge on any atom is -0.465 e. The van der Waals surface area contributed by atoms with Crippen LogP contribution in [0.25, 0.3) is 0 Å². The second-order valence-electron chi connectivity index (χ2n) is 13.6. The topological polar surface area (TPSA) is 67.2 Å². The Morgan fingerprint density at radius 1 is 1.17 bits per heavy atom. The number of allylic oxidation sites excluding steroid dienone is 4. The molecule has 0 radical (unpaired) electrons. The number of rotatable bonds is 7. The van der Waals surface area contributed by atoms with Crippen LogP contribution in [0.4, 0.5) is 0 Å². The van der Waals surface area contributed by atoms with Crippen LogP contribution in [0.3, 0.4) is 0 Å². The fourth-order valence-corrected chi connectivity index (χ4v) is 9.94. The zero-order chi connectivity index (χ0) is 26.0. The molecule has 3 saturated carbocycles. The molecule has 0 N–H and O–H groups in total. The first-order valence-electron chi connectivity index (χ1n) is 14.6. The third-order valence-corrected chi connectivity index (χ3v) is 11.7. The summed E-state index contributed by atoms with van der Waals surface area (Å²) in [6.45, 7) is 14.0. The molecular formula is C32H45NO3. The Labute approximate surface area is 217 Å². The molecule has 3 fully saturated rings. The third kappa shape index (κ3) is 3.36. The molecule has 0 heterocycles. The van der Waals surface area contributed by atoms with Crippen LogP contribution < -0.4 is 0 Å². The second kappa shape index (κ2) is 8.85. The fourth-order valence-electron chi connectivity index (χ4n) is 9.94. The van der Waals surface area contributed by atoms with Crippen molar-refractivity contribution in [1.29, 1.82) is 5.26 Å². The first-order chi connectivity index (χ1) is 17.1. The van der Waals surface area contributed by atoms with Gasteiger partial charge < -0.3 is 4.74 Å². The van der Waals surface area contributed by atoms with Crippen molar-refractivity contribution >= 4 is 11.8 Å². The van der Waals surface area contributed by atoms with Crippen LogP contribution in [0, 0.1) is 74.9 Å². The van der Waals surface area contributed by atoms with Crippen LogP contribution in [-0.2, 0) is 14.3 Å². The van der Waals surface area contributed by atoms with Crippen molar-refractivity contribution in [3.05, 3.63) is 23.8 Å². The van der Waals surface area contributed by atoms with E-state index < -0.39 is 17.3 Å². The molecule has 0 amide bonds. The van der Waals surface area contributed by atoms with Crippen LogP contribution >= 0.6 is 0 Å². The van der Waals surface area contributed by atoms with E-state index in [-0.39, 0.29) is 23.7 Å². The van der Waals surface area contributed by atoms with E-state index in [0.29, 0.717) is 23.2 Å². The number of ether oxygens (including phenoxy) is 1. The molecule has 0 aromatic heterocycles. The Hall–Kier alpha value is -1.89. The highest BCUT2D eigenvalue weighted by Gasteiger charge is 2.82. The number of ketones is 1. The molecule has 4 nitrogen and oxygen atoms in total. The van der Waals surface area contributed by atoms with Crippen LogP contribution in [0.15, 0.2) is 23.8 Å². The number of hydrogen-bond acceptors (Lipinski definition) is 4. The number of nitriles is 1. The van der Waals surface area contributed by atoms with Crippen LogP contribution in [0.2, 0.25) is 0 Å². The number of carbonyl (C=O) groups is 2. The quantitative estimate of drug-likeness (QED) is 0.363. The van der Waals surface area contributed by atoms with Gasteiger partial charge in [-0.05, 0) is 85.2 Å². The summed E-state index contributed by atoms with van der Waals surface area (Å²) in [5.74, 6) is 2.38. The summed E-state index contributed by atoms with van der Waals surface area (Å²) in [5.41, 5.74) is -0.263. The number of carbonyl (C=O) groups excluding carboxylic acids is 2. The fraction of sp³-hybridized carbons (Fsp3) is 0.781. The van der Waals surface area contributed by atoms with E-state index in [1.54, 1.807) is 13.0 Å². The molecule has 0 aliphatic heterocycles. The summed E-state index contributed by atoms with van der Waals surface area (Å²) >= 11 is 0. The summed E-state index contributed by atoms with van der Waals surface area (Å²) in [5, 5.41) is 10.3. The standard InChI is InChI=1S/C32H45NO3/c1-7-36-29(35)32(18-33)27-26(34)17-21-11-12-22-24-14-13-23(20(4)10-8-9-19(2)3)30(24,5)16-15-25(22)31(21,6)28(27)32/h11-12,17,19-20,22-25,27-28H,7-10,13-16H2,1-6H3. The molecule has 36 heavy (non-hydrogen) atoms. The zero-order valence-electron chi connectivity index (χ0n) is 23.2. The molecule has 0 aromatic rings. The normalized spacial score (nSPS) is 45.1. The molecule has 196 valence electrons. The Bertz CT molecular complexity index is 1030. The van der Waals surface area contributed by atoms with Crippen molar-refractivity contribution in [2.45, 2.75) is 86.5 Å². The lowest BCUT2D eigenvalue weighted by Gasteiger charge is -2.56. The predicted octanol–water partition coefficient (Wildman–Crippen LogP) is 6.91. The van der Waals surface area contributed by atoms with Gasteiger partial charge in [-0.15, -0.1) is 0 Å². The van der Waals surface area contributed by atoms with Gasteiger partial charge in [0.1, 0.15) is 0 Å². The maximum atomic E-state index is 13.1. The van der Waals surface area contributed by atoms with E-state index in [0.717, 1.165) is 29.7 Å². The minimum atomic E-state index is -1.32. The van der Waals surface area contributed by atoms with E-state index in [9.17, 15) is 14.9 Å². The lowest BCUT2D eigenvalue weighted by molar-refractivity contribution is -0.149. The highest BCUT2D eigenvalue weighted by atomic mass is 16.5. The monoisotopic (exact) mass is 491 g/mol. The summed E-state index contributed by atoms with van der Waals surface area (Å²) in [6.07, 6.45) is 15.2. The largest absolute Gasteiger partial charge is 0.465 e. The Morgan fingerprint density at radius 3 is 2.58 bits per heavy atom. The average Bonchev–Trinajstić information content (AvgIpc) is 3.42. The smallest absolute Gasteiger partial charge is 0.327 e. The molecule has 0 aromatic carbocycles. The predicted molar refractivity (Wildman–Crippen MR) is 140 cm³/mol. The molecule has 10 unspecified atom stereocenters. The van der Waals surface area contributed by atoms with E-state index in [1.165, 1.54) is 38.5 Å². The van der Waals surface area contributed by atoms with Gasteiger partial charge in [0.05, 0.1) is 18.6 Å². The van der Waals surface area contributed by atoms with Gasteiger partial charge in [0.2, 0.25) is 0 Å². The third-order valence-electron chi connectivity index (χ3n) is 11.7. The zero-order valence-corrected chi connectivity index (χ0v) is 23.2. The van der Waals surface area contributed by atoms with Gasteiger partial charge in [0.15, 0.2) is 11.2 Å². The molecule has 0 bridgehead atoms. The molecule has 0 spiro atoms. The van der Waals surface area contributed by atoms with Crippen LogP contribution in [0.5, 0.6) is 0 Å². The highest BCUT2D eigenvalue weighted by Crippen LogP contribution is 2.76. The van der Waals surface area contributed by atoms with Gasteiger partial charge in [0.25, 0.3) is 0 Å². The van der Waals surface area contributed by atoms with Crippen molar-refractivity contribution < 1.29 is 14.3 Å². The summed E-state index contributed by atoms with van der Waals surface area (Å²) < 4.78 is 5.38. The molecule has 5 aliphatic carbocycles. The minimum absolute atomic E-state index is 0.0676. The highest BCUT2D eigenvalue weighted by molar-refractivity contribution is 6.05. The summed E-state index contributed by atoms with van der Waals surface area (Å²) in [7, 11) is 0. The first-order valence-corrected chi connectivity index (χ1v) is 14.6. The molecule has 4 heteroatoms. The summed E-state index contributed by atoms with van der Waals surface area (Å²) in [6, 6.07) is 2.31. The van der Waals surface area contributed by atoms with Crippen molar-refractivity contribution in [2.75, 3.05) is 6.61 Å². The molecule has 5 aliphatic rings. The first kappa shape index (κ1) is 25.7. The average molecular weight is 492 g/mol. The lowest BCUT2D eigenvalue weighted by atomic mass is 9.47. The van der Waals surface area contributed by atoms with Gasteiger partial charge in [0, 0.05) is 11.3 Å². The number of esters is 1. The van der Waals surface area contributed by atoms with E-state index >= 15 is 0 Å². The van der Waals surface area contributed by atoms with Gasteiger partial charge in [-0.1, -0.05) is 66.0 Å². The second-order valence-corrected chi connectivity index (χ2v) is 13.6. The van der Waals surface area contributed by atoms with Crippen molar-refractivity contribution in [2.24, 2.45) is 63.6 Å². The van der Waals surface area contributed by atoms with Crippen LogP contribution in [-0.4, -0.2) is 18.4 Å².